The molecule has 3 rings (SSSR count). The van der Waals surface area contributed by atoms with Gasteiger partial charge in [0, 0.05) is 18.1 Å². The van der Waals surface area contributed by atoms with Crippen LogP contribution < -0.4 is 5.32 Å². The molecule has 0 saturated heterocycles. The van der Waals surface area contributed by atoms with E-state index >= 15 is 0 Å². The van der Waals surface area contributed by atoms with Crippen LogP contribution in [0.5, 0.6) is 0 Å². The maximum absolute atomic E-state index is 11.3. The molecule has 8 nitrogen and oxygen atoms in total. The normalized spacial score (nSPS) is 11.4. The van der Waals surface area contributed by atoms with Crippen LogP contribution in [-0.4, -0.2) is 62.5 Å². The van der Waals surface area contributed by atoms with Crippen LogP contribution in [0.15, 0.2) is 24.8 Å². The van der Waals surface area contributed by atoms with Crippen LogP contribution in [0.1, 0.15) is 16.9 Å². The Morgan fingerprint density at radius 1 is 1.43 bits per heavy atom. The Bertz CT molecular complexity index is 858. The Hall–Kier alpha value is -2.74. The minimum atomic E-state index is -1.10. The summed E-state index contributed by atoms with van der Waals surface area (Å²) in [6.45, 7) is 1.71. The highest BCUT2D eigenvalue weighted by Crippen LogP contribution is 2.23. The number of nitrogens with zero attached hydrogens (tertiary/aromatic N) is 5. The minimum Gasteiger partial charge on any atom is -0.476 e. The molecule has 23 heavy (non-hydrogen) atoms. The van der Waals surface area contributed by atoms with Crippen LogP contribution in [-0.2, 0) is 0 Å². The first-order valence-corrected chi connectivity index (χ1v) is 7.30. The van der Waals surface area contributed by atoms with Crippen LogP contribution in [0.3, 0.4) is 0 Å². The number of imidazole rings is 1. The summed E-state index contributed by atoms with van der Waals surface area (Å²) in [5, 5.41) is 13.4. The molecule has 8 heteroatoms. The second kappa shape index (κ2) is 6.17. The van der Waals surface area contributed by atoms with E-state index in [0.717, 1.165) is 30.4 Å². The van der Waals surface area contributed by atoms with Gasteiger partial charge in [-0.05, 0) is 33.1 Å². The van der Waals surface area contributed by atoms with Gasteiger partial charge < -0.3 is 15.3 Å². The van der Waals surface area contributed by atoms with E-state index in [1.165, 1.54) is 6.33 Å². The quantitative estimate of drug-likeness (QED) is 0.663. The predicted molar refractivity (Wildman–Crippen MR) is 86.9 cm³/mol. The van der Waals surface area contributed by atoms with Gasteiger partial charge in [0.15, 0.2) is 11.3 Å². The van der Waals surface area contributed by atoms with Crippen molar-refractivity contribution in [1.29, 1.82) is 0 Å². The summed E-state index contributed by atoms with van der Waals surface area (Å²) in [6.07, 6.45) is 5.79. The van der Waals surface area contributed by atoms with Crippen molar-refractivity contribution in [3.05, 3.63) is 30.5 Å². The number of carbonyl (C=O) groups is 1. The maximum atomic E-state index is 11.3. The number of anilines is 1. The molecular formula is C15H18N6O2. The number of pyridine rings is 1. The van der Waals surface area contributed by atoms with Crippen molar-refractivity contribution in [2.75, 3.05) is 32.5 Å². The lowest BCUT2D eigenvalue weighted by Crippen LogP contribution is -2.17. The third-order valence-corrected chi connectivity index (χ3v) is 3.55. The van der Waals surface area contributed by atoms with Gasteiger partial charge in [0.2, 0.25) is 0 Å². The van der Waals surface area contributed by atoms with E-state index in [9.17, 15) is 9.90 Å². The van der Waals surface area contributed by atoms with Crippen molar-refractivity contribution in [2.24, 2.45) is 0 Å². The molecule has 3 aromatic rings. The Morgan fingerprint density at radius 2 is 2.26 bits per heavy atom. The number of rotatable bonds is 6. The minimum absolute atomic E-state index is 0.0629. The summed E-state index contributed by atoms with van der Waals surface area (Å²) in [5.41, 5.74) is 1.02. The molecule has 0 aliphatic rings. The number of carboxylic acid groups (broad SMARTS) is 1. The van der Waals surface area contributed by atoms with E-state index in [2.05, 4.69) is 25.2 Å². The molecular weight excluding hydrogens is 296 g/mol. The number of aromatic nitrogens is 4. The average Bonchev–Trinajstić information content (AvgIpc) is 2.95. The zero-order valence-electron chi connectivity index (χ0n) is 13.0. The molecule has 0 amide bonds. The average molecular weight is 314 g/mol. The van der Waals surface area contributed by atoms with Crippen molar-refractivity contribution in [3.8, 4) is 0 Å². The number of hydrogen-bond acceptors (Lipinski definition) is 6. The fraction of sp³-hybridized carbons (Fsp3) is 0.333. The van der Waals surface area contributed by atoms with Gasteiger partial charge in [-0.3, -0.25) is 9.38 Å². The van der Waals surface area contributed by atoms with E-state index in [1.54, 1.807) is 16.8 Å². The van der Waals surface area contributed by atoms with Crippen LogP contribution in [0.25, 0.3) is 16.6 Å². The molecule has 0 unspecified atom stereocenters. The number of aromatic carboxylic acids is 1. The van der Waals surface area contributed by atoms with E-state index in [1.807, 2.05) is 20.2 Å². The third-order valence-electron chi connectivity index (χ3n) is 3.55. The van der Waals surface area contributed by atoms with Crippen molar-refractivity contribution in [2.45, 2.75) is 6.42 Å². The van der Waals surface area contributed by atoms with Gasteiger partial charge in [0.05, 0.1) is 11.7 Å². The molecule has 3 heterocycles. The van der Waals surface area contributed by atoms with Gasteiger partial charge in [-0.2, -0.15) is 0 Å². The van der Waals surface area contributed by atoms with Gasteiger partial charge >= 0.3 is 5.97 Å². The zero-order chi connectivity index (χ0) is 16.4. The topological polar surface area (TPSA) is 95.7 Å². The lowest BCUT2D eigenvalue weighted by Gasteiger charge is -2.12. The lowest BCUT2D eigenvalue weighted by atomic mass is 10.2. The Balaban J connectivity index is 2.03. The molecule has 0 spiro atoms. The monoisotopic (exact) mass is 314 g/mol. The fourth-order valence-corrected chi connectivity index (χ4v) is 2.46. The van der Waals surface area contributed by atoms with Crippen LogP contribution in [0.2, 0.25) is 0 Å². The van der Waals surface area contributed by atoms with Crippen LogP contribution in [0.4, 0.5) is 5.82 Å². The standard InChI is InChI=1S/C15H18N6O2/c1-20(2)7-3-5-17-13-10-4-6-16-8-11(10)21-9-18-12(15(22)23)14(21)19-13/h4,6,8-9H,3,5,7H2,1-2H3,(H,17,19)(H,22,23). The Kier molecular flexibility index (Phi) is 4.07. The lowest BCUT2D eigenvalue weighted by molar-refractivity contribution is 0.0693. The van der Waals surface area contributed by atoms with E-state index in [-0.39, 0.29) is 5.69 Å². The first kappa shape index (κ1) is 15.2. The van der Waals surface area contributed by atoms with Gasteiger partial charge in [-0.1, -0.05) is 0 Å². The molecule has 0 bridgehead atoms. The van der Waals surface area contributed by atoms with E-state index in [0.29, 0.717) is 11.5 Å². The van der Waals surface area contributed by atoms with E-state index in [4.69, 9.17) is 0 Å². The SMILES string of the molecule is CN(C)CCCNc1nc2c(C(=O)O)ncn2c2cnccc12. The highest BCUT2D eigenvalue weighted by molar-refractivity contribution is 5.97. The first-order chi connectivity index (χ1) is 11.1. The molecule has 0 aliphatic carbocycles. The highest BCUT2D eigenvalue weighted by atomic mass is 16.4. The van der Waals surface area contributed by atoms with Gasteiger partial charge in [0.25, 0.3) is 0 Å². The Labute approximate surface area is 132 Å². The number of carboxylic acids is 1. The largest absolute Gasteiger partial charge is 0.476 e. The molecule has 2 N–H and O–H groups in total. The molecule has 0 atom stereocenters. The van der Waals surface area contributed by atoms with Gasteiger partial charge in [-0.25, -0.2) is 14.8 Å². The molecule has 0 aromatic carbocycles. The van der Waals surface area contributed by atoms with Gasteiger partial charge in [-0.15, -0.1) is 0 Å². The van der Waals surface area contributed by atoms with Crippen LogP contribution in [0, 0.1) is 0 Å². The number of nitrogens with one attached hydrogen (secondary N) is 1. The van der Waals surface area contributed by atoms with Crippen molar-refractivity contribution in [1.82, 2.24) is 24.3 Å². The summed E-state index contributed by atoms with van der Waals surface area (Å²) in [6, 6.07) is 1.86. The molecule has 0 aliphatic heterocycles. The smallest absolute Gasteiger partial charge is 0.358 e. The third kappa shape index (κ3) is 2.93. The fourth-order valence-electron chi connectivity index (χ4n) is 2.46. The summed E-state index contributed by atoms with van der Waals surface area (Å²) < 4.78 is 1.65. The molecule has 0 fully saturated rings. The first-order valence-electron chi connectivity index (χ1n) is 7.30. The zero-order valence-corrected chi connectivity index (χ0v) is 13.0. The van der Waals surface area contributed by atoms with Gasteiger partial charge in [0.1, 0.15) is 12.1 Å². The molecule has 0 radical (unpaired) electrons. The second-order valence-electron chi connectivity index (χ2n) is 5.53. The highest BCUT2D eigenvalue weighted by Gasteiger charge is 2.17. The molecule has 120 valence electrons. The maximum Gasteiger partial charge on any atom is 0.358 e. The summed E-state index contributed by atoms with van der Waals surface area (Å²) in [4.78, 5) is 25.9. The predicted octanol–water partition coefficient (Wildman–Crippen LogP) is 1.34. The molecule has 3 aromatic heterocycles. The second-order valence-corrected chi connectivity index (χ2v) is 5.53. The summed E-state index contributed by atoms with van der Waals surface area (Å²) in [5.74, 6) is -0.446. The summed E-state index contributed by atoms with van der Waals surface area (Å²) >= 11 is 0. The summed E-state index contributed by atoms with van der Waals surface area (Å²) in [7, 11) is 4.05. The number of fused-ring (bicyclic) bond motifs is 3. The van der Waals surface area contributed by atoms with Crippen molar-refractivity contribution < 1.29 is 9.90 Å². The van der Waals surface area contributed by atoms with Crippen LogP contribution >= 0.6 is 0 Å². The Morgan fingerprint density at radius 3 is 3.00 bits per heavy atom. The van der Waals surface area contributed by atoms with E-state index < -0.39 is 5.97 Å². The molecule has 0 saturated carbocycles. The van der Waals surface area contributed by atoms with Crippen molar-refractivity contribution in [3.63, 3.8) is 0 Å². The van der Waals surface area contributed by atoms with Crippen molar-refractivity contribution >= 4 is 28.3 Å². The number of hydrogen-bond donors (Lipinski definition) is 2.